The molecule has 0 aliphatic heterocycles. The molecule has 0 radical (unpaired) electrons. The van der Waals surface area contributed by atoms with Crippen molar-refractivity contribution in [1.82, 2.24) is 0 Å². The highest BCUT2D eigenvalue weighted by Crippen LogP contribution is 2.33. The lowest BCUT2D eigenvalue weighted by Gasteiger charge is -2.13. The standard InChI is InChI=1S/C25H21BrO3/c1-15-4-8-19(9-5-15)24-25(28-14-18-6-10-20(26)11-7-18)23(27)22-17(3)12-16(2)13-21(22)29-24/h4-13H,14H2,1-3H3. The van der Waals surface area contributed by atoms with E-state index in [0.29, 0.717) is 16.7 Å². The Bertz CT molecular complexity index is 1240. The molecule has 3 nitrogen and oxygen atoms in total. The molecule has 0 saturated carbocycles. The van der Waals surface area contributed by atoms with Crippen molar-refractivity contribution in [3.05, 3.63) is 97.6 Å². The fourth-order valence-electron chi connectivity index (χ4n) is 3.44. The van der Waals surface area contributed by atoms with Gasteiger partial charge in [-0.15, -0.1) is 0 Å². The van der Waals surface area contributed by atoms with Crippen molar-refractivity contribution < 1.29 is 9.15 Å². The van der Waals surface area contributed by atoms with Crippen LogP contribution in [-0.2, 0) is 6.61 Å². The number of halogens is 1. The molecule has 0 saturated heterocycles. The molecule has 1 heterocycles. The molecule has 4 rings (SSSR count). The molecule has 0 spiro atoms. The predicted molar refractivity (Wildman–Crippen MR) is 121 cm³/mol. The van der Waals surface area contributed by atoms with Gasteiger partial charge in [0.05, 0.1) is 5.39 Å². The molecule has 0 aliphatic carbocycles. The maximum absolute atomic E-state index is 13.4. The second kappa shape index (κ2) is 7.88. The number of hydrogen-bond donors (Lipinski definition) is 0. The third-order valence-corrected chi connectivity index (χ3v) is 5.43. The van der Waals surface area contributed by atoms with Gasteiger partial charge in [-0.3, -0.25) is 4.79 Å². The summed E-state index contributed by atoms with van der Waals surface area (Å²) in [6.07, 6.45) is 0. The number of aryl methyl sites for hydroxylation is 3. The third-order valence-electron chi connectivity index (χ3n) is 4.91. The second-order valence-electron chi connectivity index (χ2n) is 7.33. The highest BCUT2D eigenvalue weighted by molar-refractivity contribution is 9.10. The minimum absolute atomic E-state index is 0.142. The van der Waals surface area contributed by atoms with Gasteiger partial charge in [0.25, 0.3) is 0 Å². The topological polar surface area (TPSA) is 39.4 Å². The lowest BCUT2D eigenvalue weighted by molar-refractivity contribution is 0.298. The smallest absolute Gasteiger partial charge is 0.235 e. The number of hydrogen-bond acceptors (Lipinski definition) is 3. The summed E-state index contributed by atoms with van der Waals surface area (Å²) in [5, 5.41) is 0.567. The van der Waals surface area contributed by atoms with E-state index in [1.54, 1.807) is 0 Å². The number of fused-ring (bicyclic) bond motifs is 1. The van der Waals surface area contributed by atoms with Crippen molar-refractivity contribution in [3.63, 3.8) is 0 Å². The minimum Gasteiger partial charge on any atom is -0.481 e. The summed E-state index contributed by atoms with van der Waals surface area (Å²) in [4.78, 5) is 13.4. The van der Waals surface area contributed by atoms with Gasteiger partial charge in [-0.2, -0.15) is 0 Å². The monoisotopic (exact) mass is 448 g/mol. The van der Waals surface area contributed by atoms with E-state index >= 15 is 0 Å². The van der Waals surface area contributed by atoms with Crippen molar-refractivity contribution >= 4 is 26.9 Å². The average molecular weight is 449 g/mol. The first-order chi connectivity index (χ1) is 13.9. The predicted octanol–water partition coefficient (Wildman–Crippen LogP) is 6.73. The molecular weight excluding hydrogens is 428 g/mol. The van der Waals surface area contributed by atoms with E-state index in [1.165, 1.54) is 0 Å². The summed E-state index contributed by atoms with van der Waals surface area (Å²) in [6, 6.07) is 19.6. The van der Waals surface area contributed by atoms with Crippen molar-refractivity contribution in [2.75, 3.05) is 0 Å². The van der Waals surface area contributed by atoms with Crippen LogP contribution in [0.2, 0.25) is 0 Å². The van der Waals surface area contributed by atoms with Crippen LogP contribution in [0.5, 0.6) is 5.75 Å². The Hall–Kier alpha value is -2.85. The maximum atomic E-state index is 13.4. The van der Waals surface area contributed by atoms with Crippen molar-refractivity contribution in [1.29, 1.82) is 0 Å². The van der Waals surface area contributed by atoms with E-state index in [9.17, 15) is 4.79 Å². The molecular formula is C25H21BrO3. The van der Waals surface area contributed by atoms with Gasteiger partial charge >= 0.3 is 0 Å². The quantitative estimate of drug-likeness (QED) is 0.347. The van der Waals surface area contributed by atoms with Crippen LogP contribution in [0.4, 0.5) is 0 Å². The van der Waals surface area contributed by atoms with Crippen LogP contribution in [0.25, 0.3) is 22.3 Å². The zero-order valence-corrected chi connectivity index (χ0v) is 18.2. The van der Waals surface area contributed by atoms with Gasteiger partial charge in [-0.05, 0) is 55.7 Å². The van der Waals surface area contributed by atoms with Crippen LogP contribution in [0.15, 0.2) is 74.3 Å². The molecule has 4 heteroatoms. The Morgan fingerprint density at radius 2 is 1.59 bits per heavy atom. The molecule has 1 aromatic heterocycles. The minimum atomic E-state index is -0.142. The van der Waals surface area contributed by atoms with Crippen LogP contribution in [-0.4, -0.2) is 0 Å². The van der Waals surface area contributed by atoms with Crippen molar-refractivity contribution in [2.45, 2.75) is 27.4 Å². The largest absolute Gasteiger partial charge is 0.481 e. The summed E-state index contributed by atoms with van der Waals surface area (Å²) in [5.74, 6) is 0.709. The Kier molecular flexibility index (Phi) is 5.29. The Balaban J connectivity index is 1.88. The SMILES string of the molecule is Cc1ccc(-c2oc3cc(C)cc(C)c3c(=O)c2OCc2ccc(Br)cc2)cc1. The summed E-state index contributed by atoms with van der Waals surface area (Å²) in [7, 11) is 0. The van der Waals surface area contributed by atoms with Gasteiger partial charge in [-0.25, -0.2) is 0 Å². The van der Waals surface area contributed by atoms with E-state index in [4.69, 9.17) is 9.15 Å². The molecule has 0 amide bonds. The summed E-state index contributed by atoms with van der Waals surface area (Å²) >= 11 is 3.44. The molecule has 0 bridgehead atoms. The first-order valence-corrected chi connectivity index (χ1v) is 10.2. The third kappa shape index (κ3) is 3.99. The van der Waals surface area contributed by atoms with Gasteiger partial charge in [0, 0.05) is 10.0 Å². The number of ether oxygens (including phenoxy) is 1. The molecule has 0 aliphatic rings. The van der Waals surface area contributed by atoms with Crippen LogP contribution in [0, 0.1) is 20.8 Å². The van der Waals surface area contributed by atoms with Crippen LogP contribution >= 0.6 is 15.9 Å². The average Bonchev–Trinajstić information content (AvgIpc) is 2.68. The fourth-order valence-corrected chi connectivity index (χ4v) is 3.70. The van der Waals surface area contributed by atoms with Gasteiger partial charge in [0.2, 0.25) is 11.2 Å². The second-order valence-corrected chi connectivity index (χ2v) is 8.24. The van der Waals surface area contributed by atoms with Crippen LogP contribution < -0.4 is 10.2 Å². The zero-order chi connectivity index (χ0) is 20.5. The van der Waals surface area contributed by atoms with E-state index < -0.39 is 0 Å². The lowest BCUT2D eigenvalue weighted by Crippen LogP contribution is -2.11. The summed E-state index contributed by atoms with van der Waals surface area (Å²) in [5.41, 5.74) is 5.31. The molecule has 0 N–H and O–H groups in total. The van der Waals surface area contributed by atoms with Crippen molar-refractivity contribution in [3.8, 4) is 17.1 Å². The first-order valence-electron chi connectivity index (χ1n) is 9.45. The van der Waals surface area contributed by atoms with Gasteiger partial charge in [-0.1, -0.05) is 64.0 Å². The molecule has 146 valence electrons. The maximum Gasteiger partial charge on any atom is 0.235 e. The molecule has 29 heavy (non-hydrogen) atoms. The van der Waals surface area contributed by atoms with Gasteiger partial charge < -0.3 is 9.15 Å². The number of rotatable bonds is 4. The zero-order valence-electron chi connectivity index (χ0n) is 16.6. The van der Waals surface area contributed by atoms with E-state index in [0.717, 1.165) is 32.3 Å². The van der Waals surface area contributed by atoms with Crippen molar-refractivity contribution in [2.24, 2.45) is 0 Å². The Morgan fingerprint density at radius 1 is 0.897 bits per heavy atom. The molecule has 0 unspecified atom stereocenters. The summed E-state index contributed by atoms with van der Waals surface area (Å²) in [6.45, 7) is 6.23. The van der Waals surface area contributed by atoms with E-state index in [2.05, 4.69) is 15.9 Å². The Labute approximate surface area is 178 Å². The molecule has 3 aromatic carbocycles. The molecule has 0 atom stereocenters. The first kappa shape index (κ1) is 19.5. The lowest BCUT2D eigenvalue weighted by atomic mass is 10.0. The van der Waals surface area contributed by atoms with E-state index in [1.807, 2.05) is 81.4 Å². The van der Waals surface area contributed by atoms with Crippen LogP contribution in [0.1, 0.15) is 22.3 Å². The fraction of sp³-hybridized carbons (Fsp3) is 0.160. The van der Waals surface area contributed by atoms with Crippen LogP contribution in [0.3, 0.4) is 0 Å². The van der Waals surface area contributed by atoms with Gasteiger partial charge in [0.1, 0.15) is 12.2 Å². The molecule has 0 fully saturated rings. The number of benzene rings is 3. The molecule has 4 aromatic rings. The summed E-state index contributed by atoms with van der Waals surface area (Å²) < 4.78 is 13.3. The van der Waals surface area contributed by atoms with Gasteiger partial charge in [0.15, 0.2) is 5.76 Å². The normalized spacial score (nSPS) is 11.0. The Morgan fingerprint density at radius 3 is 2.28 bits per heavy atom. The highest BCUT2D eigenvalue weighted by atomic mass is 79.9. The highest BCUT2D eigenvalue weighted by Gasteiger charge is 2.19. The van der Waals surface area contributed by atoms with E-state index in [-0.39, 0.29) is 17.8 Å².